The Balaban J connectivity index is 0.000000170. The number of nitrogens with zero attached hydrogens (tertiary/aromatic N) is 1. The van der Waals surface area contributed by atoms with Gasteiger partial charge in [0.25, 0.3) is 40.1 Å². The first kappa shape index (κ1) is 61.2. The Morgan fingerprint density at radius 3 is 1.15 bits per heavy atom. The van der Waals surface area contributed by atoms with Gasteiger partial charge in [-0.25, -0.2) is 16.8 Å². The van der Waals surface area contributed by atoms with E-state index in [1.807, 2.05) is 36.8 Å². The van der Waals surface area contributed by atoms with E-state index in [2.05, 4.69) is 9.44 Å². The van der Waals surface area contributed by atoms with E-state index in [4.69, 9.17) is 33.4 Å². The second-order valence-electron chi connectivity index (χ2n) is 17.4. The van der Waals surface area contributed by atoms with Crippen LogP contribution in [-0.2, 0) is 40.1 Å². The minimum Gasteiger partial charge on any atom is -0.383 e. The molecule has 7 aromatic carbocycles. The molecule has 3 heterocycles. The van der Waals surface area contributed by atoms with Crippen LogP contribution in [0.15, 0.2) is 202 Å². The first-order valence-corrected chi connectivity index (χ1v) is 35.8. The van der Waals surface area contributed by atoms with Crippen LogP contribution in [0.4, 0.5) is 17.1 Å². The fourth-order valence-electron chi connectivity index (χ4n) is 8.33. The predicted octanol–water partition coefficient (Wildman–Crippen LogP) is 12.2. The third-order valence-electron chi connectivity index (χ3n) is 12.0. The summed E-state index contributed by atoms with van der Waals surface area (Å²) in [5, 5.41) is 26.5. The van der Waals surface area contributed by atoms with Crippen molar-refractivity contribution in [2.45, 2.75) is 39.1 Å². The lowest BCUT2D eigenvalue weighted by atomic mass is 10.1. The second kappa shape index (κ2) is 25.3. The summed E-state index contributed by atoms with van der Waals surface area (Å²) in [6.07, 6.45) is 5.42. The van der Waals surface area contributed by atoms with Crippen LogP contribution in [0.1, 0.15) is 20.2 Å². The van der Waals surface area contributed by atoms with Crippen molar-refractivity contribution in [1.29, 1.82) is 16.2 Å². The summed E-state index contributed by atoms with van der Waals surface area (Å²) in [4.78, 5) is 1.53. The van der Waals surface area contributed by atoms with Gasteiger partial charge in [-0.05, 0) is 89.9 Å². The van der Waals surface area contributed by atoms with Crippen LogP contribution < -0.4 is 30.4 Å². The van der Waals surface area contributed by atoms with Gasteiger partial charge in [-0.1, -0.05) is 127 Å². The summed E-state index contributed by atoms with van der Waals surface area (Å²) >= 11 is 7.67. The summed E-state index contributed by atoms with van der Waals surface area (Å²) in [6.45, 7) is 1.75. The number of hydrogen-bond donors (Lipinski definition) is 8. The first-order chi connectivity index (χ1) is 38.9. The van der Waals surface area contributed by atoms with E-state index in [1.165, 1.54) is 76.2 Å². The minimum atomic E-state index is -4.67. The second-order valence-corrected chi connectivity index (χ2v) is 30.8. The van der Waals surface area contributed by atoms with Crippen LogP contribution in [0.2, 0.25) is 0 Å². The van der Waals surface area contributed by atoms with Crippen LogP contribution in [0.5, 0.6) is 0 Å². The molecule has 0 aliphatic carbocycles. The largest absolute Gasteiger partial charge is 0.383 e. The molecule has 27 heteroatoms. The van der Waals surface area contributed by atoms with Gasteiger partial charge in [0.1, 0.15) is 17.5 Å². The maximum absolute atomic E-state index is 14.4. The molecule has 0 unspecified atom stereocenters. The van der Waals surface area contributed by atoms with E-state index >= 15 is 0 Å². The molecule has 82 heavy (non-hydrogen) atoms. The number of amidine groups is 3. The van der Waals surface area contributed by atoms with Crippen molar-refractivity contribution >= 4 is 176 Å². The quantitative estimate of drug-likeness (QED) is 0.0239. The minimum absolute atomic E-state index is 0.0661. The van der Waals surface area contributed by atoms with Crippen molar-refractivity contribution in [2.75, 3.05) is 31.9 Å². The lowest BCUT2D eigenvalue weighted by molar-refractivity contribution is 0.584. The highest BCUT2D eigenvalue weighted by Gasteiger charge is 2.41. The van der Waals surface area contributed by atoms with E-state index in [1.54, 1.807) is 141 Å². The SMILES string of the molecule is CSc1sc(C(=N)N)cc1N(S(=O)(=O)c1cccc2ccccc12)S(=O)(=O)c1cccc2ccccc12.CSc1sc(C(=N)N)cc1NS(=O)(=O)c1cccc2ccccc12.CSc1sc(C(=N)N)cc1NS(=O)(=O)c1ccccc1C. The molecule has 0 radical (unpaired) electrons. The average Bonchev–Trinajstić information content (AvgIpc) is 2.14. The Bertz CT molecular complexity index is 4460. The molecule has 0 saturated heterocycles. The molecule has 0 saturated carbocycles. The summed E-state index contributed by atoms with van der Waals surface area (Å²) in [5.41, 5.74) is 18.2. The maximum Gasteiger partial charge on any atom is 0.278 e. The van der Waals surface area contributed by atoms with E-state index in [0.717, 1.165) is 25.1 Å². The Morgan fingerprint density at radius 2 is 0.744 bits per heavy atom. The normalized spacial score (nSPS) is 11.8. The van der Waals surface area contributed by atoms with Gasteiger partial charge in [-0.15, -0.1) is 69.3 Å². The number of aryl methyl sites for hydroxylation is 1. The zero-order chi connectivity index (χ0) is 59.3. The summed E-state index contributed by atoms with van der Waals surface area (Å²) in [6, 6.07) is 47.2. The number of nitrogen functional groups attached to an aromatic ring is 3. The van der Waals surface area contributed by atoms with E-state index < -0.39 is 40.1 Å². The van der Waals surface area contributed by atoms with Crippen molar-refractivity contribution in [3.8, 4) is 0 Å². The van der Waals surface area contributed by atoms with E-state index in [0.29, 0.717) is 61.5 Å². The third kappa shape index (κ3) is 13.0. The monoisotopic (exact) mass is 1290 g/mol. The number of hydrogen-bond acceptors (Lipinski definition) is 17. The van der Waals surface area contributed by atoms with Crippen LogP contribution in [0, 0.1) is 23.2 Å². The number of nitrogens with one attached hydrogen (secondary N) is 5. The van der Waals surface area contributed by atoms with E-state index in [-0.39, 0.29) is 47.7 Å². The Hall–Kier alpha value is -6.92. The predicted molar refractivity (Wildman–Crippen MR) is 343 cm³/mol. The highest BCUT2D eigenvalue weighted by atomic mass is 32.3. The maximum atomic E-state index is 14.4. The molecule has 0 amide bonds. The smallest absolute Gasteiger partial charge is 0.278 e. The van der Waals surface area contributed by atoms with Gasteiger partial charge in [0.2, 0.25) is 0 Å². The number of thiophene rings is 3. The van der Waals surface area contributed by atoms with Crippen molar-refractivity contribution in [3.05, 3.63) is 190 Å². The van der Waals surface area contributed by atoms with Crippen molar-refractivity contribution in [1.82, 2.24) is 0 Å². The zero-order valence-corrected chi connectivity index (χ0v) is 51.9. The Morgan fingerprint density at radius 1 is 0.427 bits per heavy atom. The van der Waals surface area contributed by atoms with Gasteiger partial charge < -0.3 is 17.2 Å². The number of sulfonamides is 4. The van der Waals surface area contributed by atoms with Gasteiger partial charge in [-0.2, -0.15) is 20.5 Å². The van der Waals surface area contributed by atoms with Crippen molar-refractivity contribution in [2.24, 2.45) is 17.2 Å². The Kier molecular flexibility index (Phi) is 18.9. The van der Waals surface area contributed by atoms with Crippen LogP contribution in [-0.4, -0.2) is 69.9 Å². The number of fused-ring (bicyclic) bond motifs is 3. The van der Waals surface area contributed by atoms with Crippen LogP contribution >= 0.6 is 69.3 Å². The van der Waals surface area contributed by atoms with Gasteiger partial charge in [0.15, 0.2) is 0 Å². The molecular formula is C55H51N9O8S10. The number of rotatable bonds is 17. The average molecular weight is 1290 g/mol. The molecule has 17 nitrogen and oxygen atoms in total. The molecular weight excluding hydrogens is 1240 g/mol. The molecule has 424 valence electrons. The third-order valence-corrected chi connectivity index (χ3v) is 26.1. The molecule has 10 aromatic rings. The molecule has 0 spiro atoms. The summed E-state index contributed by atoms with van der Waals surface area (Å²) < 4.78 is 116. The van der Waals surface area contributed by atoms with Crippen molar-refractivity contribution < 1.29 is 33.7 Å². The van der Waals surface area contributed by atoms with Crippen LogP contribution in [0.25, 0.3) is 32.3 Å². The zero-order valence-electron chi connectivity index (χ0n) is 43.7. The standard InChI is InChI=1S/C26H21N3O4S4.C16H15N3O2S3.C13H15N3O2S3/c1-34-26-21(16-22(35-26)25(27)28)29(36(30,31)23-14-6-10-17-8-2-4-12-19(17)23)37(32,33)24-15-7-11-18-9-3-5-13-20(18)24;1-22-16-12(9-13(23-16)15(17)18)19-24(20,21)14-8-4-6-10-5-2-3-7-11(10)14;1-8-5-3-4-6-11(8)21(17,18)16-9-7-10(12(14)15)20-13(9)19-2/h2-16H,1H3,(H3,27,28);2-9,19H,1H3,(H3,17,18);3-7,16H,1-2H3,(H3,14,15). The lowest BCUT2D eigenvalue weighted by Crippen LogP contribution is -2.37. The Labute approximate surface area is 500 Å². The molecule has 10 rings (SSSR count). The number of anilines is 3. The molecule has 0 aliphatic rings. The number of nitrogens with two attached hydrogens (primary N) is 3. The molecule has 3 aromatic heterocycles. The fourth-order valence-corrected chi connectivity index (χ4v) is 20.5. The first-order valence-electron chi connectivity index (χ1n) is 23.8. The highest BCUT2D eigenvalue weighted by molar-refractivity contribution is 8.10. The highest BCUT2D eigenvalue weighted by Crippen LogP contribution is 2.44. The van der Waals surface area contributed by atoms with E-state index in [9.17, 15) is 33.7 Å². The number of thioether (sulfide) groups is 3. The van der Waals surface area contributed by atoms with Crippen LogP contribution in [0.3, 0.4) is 0 Å². The molecule has 11 N–H and O–H groups in total. The topological polar surface area (TPSA) is 313 Å². The van der Waals surface area contributed by atoms with Gasteiger partial charge in [-0.3, -0.25) is 25.7 Å². The lowest BCUT2D eigenvalue weighted by Gasteiger charge is -2.25. The van der Waals surface area contributed by atoms with Gasteiger partial charge in [0, 0.05) is 16.2 Å². The van der Waals surface area contributed by atoms with Gasteiger partial charge in [0.05, 0.1) is 63.9 Å². The molecule has 0 bridgehead atoms. The summed E-state index contributed by atoms with van der Waals surface area (Å²) in [5.74, 6) is -0.431. The van der Waals surface area contributed by atoms with Gasteiger partial charge >= 0.3 is 0 Å². The summed E-state index contributed by atoms with van der Waals surface area (Å²) in [7, 11) is -16.8. The molecule has 0 atom stereocenters. The fraction of sp³-hybridized carbons (Fsp3) is 0.0727. The number of benzene rings is 7. The molecule has 0 aliphatic heterocycles. The van der Waals surface area contributed by atoms with Crippen molar-refractivity contribution in [3.63, 3.8) is 0 Å². The molecule has 0 fully saturated rings.